The lowest BCUT2D eigenvalue weighted by atomic mass is 10.0. The third-order valence-corrected chi connectivity index (χ3v) is 5.43. The van der Waals surface area contributed by atoms with E-state index in [0.29, 0.717) is 5.82 Å². The zero-order chi connectivity index (χ0) is 20.5. The number of aromatic nitrogens is 2. The summed E-state index contributed by atoms with van der Waals surface area (Å²) in [5, 5.41) is 11.4. The molecule has 0 atom stereocenters. The van der Waals surface area contributed by atoms with Gasteiger partial charge in [0.05, 0.1) is 0 Å². The molecule has 0 saturated carbocycles. The fourth-order valence-corrected chi connectivity index (χ4v) is 3.51. The summed E-state index contributed by atoms with van der Waals surface area (Å²) in [5.41, 5.74) is 1.23. The summed E-state index contributed by atoms with van der Waals surface area (Å²) in [6.07, 6.45) is 6.06. The summed E-state index contributed by atoms with van der Waals surface area (Å²) in [7, 11) is 0. The second kappa shape index (κ2) is 10.7. The van der Waals surface area contributed by atoms with Gasteiger partial charge in [0.15, 0.2) is 11.6 Å². The Bertz CT molecular complexity index is 779. The zero-order valence-corrected chi connectivity index (χ0v) is 17.4. The minimum atomic E-state index is 0.0224. The molecule has 6 nitrogen and oxygen atoms in total. The van der Waals surface area contributed by atoms with Crippen LogP contribution in [0.25, 0.3) is 6.08 Å². The Hall–Kier alpha value is -2.73. The quantitative estimate of drug-likeness (QED) is 0.741. The van der Waals surface area contributed by atoms with Crippen molar-refractivity contribution in [2.24, 2.45) is 5.92 Å². The van der Waals surface area contributed by atoms with E-state index in [9.17, 15) is 4.79 Å². The van der Waals surface area contributed by atoms with Gasteiger partial charge < -0.3 is 10.2 Å². The molecule has 1 aliphatic heterocycles. The number of carbonyl (C=O) groups excluding carboxylic acids is 1. The van der Waals surface area contributed by atoms with Crippen molar-refractivity contribution in [3.05, 3.63) is 54.1 Å². The minimum Gasteiger partial charge on any atom is -0.353 e. The maximum absolute atomic E-state index is 12.2. The first kappa shape index (κ1) is 21.0. The van der Waals surface area contributed by atoms with E-state index in [4.69, 9.17) is 0 Å². The zero-order valence-electron chi connectivity index (χ0n) is 17.4. The SMILES string of the molecule is CCC(CC)C(=O)Nc1ccc(N2CCN(C/C=C/c3ccccc3)CC2)nn1. The molecule has 2 heterocycles. The van der Waals surface area contributed by atoms with Crippen LogP contribution in [0.4, 0.5) is 11.6 Å². The molecule has 1 aromatic heterocycles. The van der Waals surface area contributed by atoms with E-state index in [1.54, 1.807) is 0 Å². The summed E-state index contributed by atoms with van der Waals surface area (Å²) in [6, 6.07) is 14.2. The molecule has 0 aliphatic carbocycles. The van der Waals surface area contributed by atoms with Crippen LogP contribution in [0.1, 0.15) is 32.3 Å². The summed E-state index contributed by atoms with van der Waals surface area (Å²) in [6.45, 7) is 8.84. The van der Waals surface area contributed by atoms with Crippen molar-refractivity contribution in [3.63, 3.8) is 0 Å². The lowest BCUT2D eigenvalue weighted by molar-refractivity contribution is -0.120. The highest BCUT2D eigenvalue weighted by molar-refractivity contribution is 5.91. The Labute approximate surface area is 173 Å². The summed E-state index contributed by atoms with van der Waals surface area (Å²) in [5.74, 6) is 1.44. The van der Waals surface area contributed by atoms with Crippen LogP contribution in [0.15, 0.2) is 48.5 Å². The Morgan fingerprint density at radius 3 is 2.38 bits per heavy atom. The van der Waals surface area contributed by atoms with E-state index < -0.39 is 0 Å². The Kier molecular flexibility index (Phi) is 7.76. The molecule has 154 valence electrons. The van der Waals surface area contributed by atoms with Crippen molar-refractivity contribution < 1.29 is 4.79 Å². The normalized spacial score (nSPS) is 15.2. The number of piperazine rings is 1. The van der Waals surface area contributed by atoms with Crippen LogP contribution in [0.2, 0.25) is 0 Å². The number of hydrogen-bond acceptors (Lipinski definition) is 5. The number of nitrogens with zero attached hydrogens (tertiary/aromatic N) is 4. The van der Waals surface area contributed by atoms with Gasteiger partial charge in [0.2, 0.25) is 5.91 Å². The number of hydrogen-bond donors (Lipinski definition) is 1. The van der Waals surface area contributed by atoms with Crippen molar-refractivity contribution >= 4 is 23.6 Å². The maximum atomic E-state index is 12.2. The third kappa shape index (κ3) is 6.12. The van der Waals surface area contributed by atoms with Crippen molar-refractivity contribution in [1.82, 2.24) is 15.1 Å². The predicted molar refractivity (Wildman–Crippen MR) is 119 cm³/mol. The van der Waals surface area contributed by atoms with Crippen LogP contribution >= 0.6 is 0 Å². The number of carbonyl (C=O) groups is 1. The highest BCUT2D eigenvalue weighted by Crippen LogP contribution is 2.16. The van der Waals surface area contributed by atoms with E-state index in [1.807, 2.05) is 32.0 Å². The van der Waals surface area contributed by atoms with Crippen LogP contribution in [0.3, 0.4) is 0 Å². The monoisotopic (exact) mass is 393 g/mol. The smallest absolute Gasteiger partial charge is 0.228 e. The third-order valence-electron chi connectivity index (χ3n) is 5.43. The lowest BCUT2D eigenvalue weighted by Crippen LogP contribution is -2.46. The van der Waals surface area contributed by atoms with Gasteiger partial charge in [-0.2, -0.15) is 0 Å². The molecule has 1 aliphatic rings. The fraction of sp³-hybridized carbons (Fsp3) is 0.435. The largest absolute Gasteiger partial charge is 0.353 e. The topological polar surface area (TPSA) is 61.4 Å². The van der Waals surface area contributed by atoms with Crippen molar-refractivity contribution in [3.8, 4) is 0 Å². The molecular weight excluding hydrogens is 362 g/mol. The molecule has 0 unspecified atom stereocenters. The maximum Gasteiger partial charge on any atom is 0.228 e. The van der Waals surface area contributed by atoms with Gasteiger partial charge in [0, 0.05) is 38.6 Å². The van der Waals surface area contributed by atoms with Gasteiger partial charge in [-0.15, -0.1) is 10.2 Å². The average Bonchev–Trinajstić information content (AvgIpc) is 2.76. The van der Waals surface area contributed by atoms with Crippen LogP contribution in [-0.4, -0.2) is 53.7 Å². The van der Waals surface area contributed by atoms with E-state index in [1.165, 1.54) is 5.56 Å². The van der Waals surface area contributed by atoms with Crippen molar-refractivity contribution in [2.75, 3.05) is 42.9 Å². The van der Waals surface area contributed by atoms with Gasteiger partial charge in [-0.25, -0.2) is 0 Å². The van der Waals surface area contributed by atoms with Gasteiger partial charge in [-0.05, 0) is 30.5 Å². The minimum absolute atomic E-state index is 0.0224. The first-order valence-electron chi connectivity index (χ1n) is 10.5. The van der Waals surface area contributed by atoms with Crippen LogP contribution in [-0.2, 0) is 4.79 Å². The molecule has 0 spiro atoms. The molecule has 0 radical (unpaired) electrons. The number of nitrogens with one attached hydrogen (secondary N) is 1. The van der Waals surface area contributed by atoms with Crippen LogP contribution in [0, 0.1) is 5.92 Å². The summed E-state index contributed by atoms with van der Waals surface area (Å²) >= 11 is 0. The number of anilines is 2. The first-order chi connectivity index (χ1) is 14.2. The van der Waals surface area contributed by atoms with Crippen molar-refractivity contribution in [2.45, 2.75) is 26.7 Å². The molecule has 1 amide bonds. The Balaban J connectivity index is 1.45. The molecule has 1 N–H and O–H groups in total. The highest BCUT2D eigenvalue weighted by Gasteiger charge is 2.18. The fourth-order valence-electron chi connectivity index (χ4n) is 3.51. The van der Waals surface area contributed by atoms with E-state index in [0.717, 1.165) is 51.4 Å². The number of benzene rings is 1. The Morgan fingerprint density at radius 2 is 1.76 bits per heavy atom. The van der Waals surface area contributed by atoms with Gasteiger partial charge in [0.1, 0.15) is 0 Å². The molecule has 1 saturated heterocycles. The lowest BCUT2D eigenvalue weighted by Gasteiger charge is -2.34. The molecule has 1 aromatic carbocycles. The molecule has 1 fully saturated rings. The van der Waals surface area contributed by atoms with Gasteiger partial charge in [-0.1, -0.05) is 56.3 Å². The molecule has 3 rings (SSSR count). The molecule has 0 bridgehead atoms. The summed E-state index contributed by atoms with van der Waals surface area (Å²) in [4.78, 5) is 16.9. The van der Waals surface area contributed by atoms with Crippen molar-refractivity contribution in [1.29, 1.82) is 0 Å². The average molecular weight is 394 g/mol. The first-order valence-corrected chi connectivity index (χ1v) is 10.5. The second-order valence-corrected chi connectivity index (χ2v) is 7.38. The number of amides is 1. The van der Waals surface area contributed by atoms with Gasteiger partial charge >= 0.3 is 0 Å². The highest BCUT2D eigenvalue weighted by atomic mass is 16.1. The summed E-state index contributed by atoms with van der Waals surface area (Å²) < 4.78 is 0. The standard InChI is InChI=1S/C23H31N5O/c1-3-20(4-2)23(29)24-21-12-13-22(26-25-21)28-17-15-27(16-18-28)14-8-11-19-9-6-5-7-10-19/h5-13,20H,3-4,14-18H2,1-2H3,(H,24,25,29)/b11-8+. The number of rotatable bonds is 8. The molecule has 29 heavy (non-hydrogen) atoms. The van der Waals surface area contributed by atoms with E-state index >= 15 is 0 Å². The van der Waals surface area contributed by atoms with Crippen LogP contribution in [0.5, 0.6) is 0 Å². The molecule has 6 heteroatoms. The van der Waals surface area contributed by atoms with E-state index in [-0.39, 0.29) is 11.8 Å². The predicted octanol–water partition coefficient (Wildman–Crippen LogP) is 3.69. The van der Waals surface area contributed by atoms with Crippen LogP contribution < -0.4 is 10.2 Å². The Morgan fingerprint density at radius 1 is 1.03 bits per heavy atom. The second-order valence-electron chi connectivity index (χ2n) is 7.38. The molecular formula is C23H31N5O. The molecule has 2 aromatic rings. The van der Waals surface area contributed by atoms with Gasteiger partial charge in [0.25, 0.3) is 0 Å². The van der Waals surface area contributed by atoms with Gasteiger partial charge in [-0.3, -0.25) is 9.69 Å². The van der Waals surface area contributed by atoms with E-state index in [2.05, 4.69) is 61.7 Å².